The van der Waals surface area contributed by atoms with Crippen LogP contribution in [-0.4, -0.2) is 153 Å². The van der Waals surface area contributed by atoms with Crippen molar-refractivity contribution < 1.29 is 65.1 Å². The summed E-state index contributed by atoms with van der Waals surface area (Å²) in [4.78, 5) is 57.3. The molecule has 17 nitrogen and oxygen atoms in total. The topological polar surface area (TPSA) is 281 Å². The molecule has 4 amide bonds. The van der Waals surface area contributed by atoms with Gasteiger partial charge in [-0.2, -0.15) is 0 Å². The van der Waals surface area contributed by atoms with E-state index in [1.807, 2.05) is 136 Å². The molecule has 2 aromatic rings. The zero-order chi connectivity index (χ0) is 47.3. The van der Waals surface area contributed by atoms with Crippen molar-refractivity contribution in [3.63, 3.8) is 0 Å². The third-order valence-corrected chi connectivity index (χ3v) is 15.6. The van der Waals surface area contributed by atoms with E-state index in [0.29, 0.717) is 43.7 Å². The summed E-state index contributed by atoms with van der Waals surface area (Å²) in [5, 5.41) is 94.8. The van der Waals surface area contributed by atoms with Gasteiger partial charge in [-0.05, 0) is 172 Å². The molecular weight excluding hydrogens is 1490 g/mol. The van der Waals surface area contributed by atoms with Crippen LogP contribution in [0.4, 0.5) is 11.4 Å². The minimum atomic E-state index is -1.47. The number of aliphatic hydroxyl groups excluding tert-OH is 9. The van der Waals surface area contributed by atoms with Gasteiger partial charge in [-0.3, -0.25) is 19.2 Å². The second-order valence-electron chi connectivity index (χ2n) is 14.0. The molecule has 2 aromatic carbocycles. The number of hydrogen-bond donors (Lipinski definition) is 11. The smallest absolute Gasteiger partial charge is 0.253 e. The Labute approximate surface area is 441 Å². The van der Waals surface area contributed by atoms with Crippen molar-refractivity contribution in [1.29, 1.82) is 0 Å². The summed E-state index contributed by atoms with van der Waals surface area (Å²) >= 11 is 11.8. The molecule has 0 saturated carbocycles. The fourth-order valence-corrected chi connectivity index (χ4v) is 15.9. The number of halogens is 6. The van der Waals surface area contributed by atoms with Gasteiger partial charge >= 0.3 is 0 Å². The quantitative estimate of drug-likeness (QED) is 0.0676. The van der Waals surface area contributed by atoms with Crippen molar-refractivity contribution in [2.45, 2.75) is 70.1 Å². The molecule has 346 valence electrons. The van der Waals surface area contributed by atoms with Crippen LogP contribution in [0.2, 0.25) is 0 Å². The van der Waals surface area contributed by atoms with E-state index in [4.69, 9.17) is 0 Å². The molecule has 0 aliphatic carbocycles. The Kier molecular flexibility index (Phi) is 25.8. The number of nitrogens with zero attached hydrogens (tertiary/aromatic N) is 2. The van der Waals surface area contributed by atoms with E-state index in [1.165, 1.54) is 23.6 Å². The maximum Gasteiger partial charge on any atom is 0.253 e. The first-order valence-electron chi connectivity index (χ1n) is 18.7. The first-order chi connectivity index (χ1) is 29.0. The third-order valence-electron chi connectivity index (χ3n) is 9.23. The van der Waals surface area contributed by atoms with Crippen LogP contribution in [0.5, 0.6) is 0 Å². The molecule has 0 bridgehead atoms. The Morgan fingerprint density at radius 2 is 0.790 bits per heavy atom. The number of anilines is 2. The molecule has 62 heavy (non-hydrogen) atoms. The second kappa shape index (κ2) is 27.6. The number of benzene rings is 2. The summed E-state index contributed by atoms with van der Waals surface area (Å²) in [6.07, 6.45) is -5.41. The van der Waals surface area contributed by atoms with E-state index < -0.39 is 93.7 Å². The molecule has 4 unspecified atom stereocenters. The fourth-order valence-electron chi connectivity index (χ4n) is 5.87. The Bertz CT molecular complexity index is 1750. The minimum Gasteiger partial charge on any atom is -0.394 e. The first kappa shape index (κ1) is 57.9. The highest BCUT2D eigenvalue weighted by Crippen LogP contribution is 2.43. The molecule has 11 N–H and O–H groups in total. The number of nitrogens with one attached hydrogen (secondary N) is 2. The number of carbonyl (C=O) groups is 4. The van der Waals surface area contributed by atoms with Gasteiger partial charge in [0.1, 0.15) is 0 Å². The summed E-state index contributed by atoms with van der Waals surface area (Å²) < 4.78 is 2.39. The molecule has 0 heterocycles. The largest absolute Gasteiger partial charge is 0.394 e. The molecule has 0 radical (unpaired) electrons. The maximum absolute atomic E-state index is 13.8. The Balaban J connectivity index is 2.84. The maximum atomic E-state index is 13.8. The summed E-state index contributed by atoms with van der Waals surface area (Å²) in [5.74, 6) is -2.37. The zero-order valence-corrected chi connectivity index (χ0v) is 46.6. The van der Waals surface area contributed by atoms with Gasteiger partial charge in [0.15, 0.2) is 0 Å². The SMILES string of the molecule is C=C(CCC(O)CO)c1c(I)c(C(=O)NCC(O)CO)c(I)c(N(CC(O)CN(C(C)=O)c2c(I)c(C(=C)CCC(O)CO)c(I)c(C(=O)NCC(O)CO)c2I)C(C)=O)c1I. The lowest BCUT2D eigenvalue weighted by atomic mass is 9.97. The highest BCUT2D eigenvalue weighted by Gasteiger charge is 2.34. The summed E-state index contributed by atoms with van der Waals surface area (Å²) in [6, 6.07) is 0. The van der Waals surface area contributed by atoms with E-state index in [1.54, 1.807) is 0 Å². The lowest BCUT2D eigenvalue weighted by Gasteiger charge is -2.33. The lowest BCUT2D eigenvalue weighted by molar-refractivity contribution is -0.117. The molecule has 4 atom stereocenters. The van der Waals surface area contributed by atoms with Crippen LogP contribution in [0.3, 0.4) is 0 Å². The second-order valence-corrected chi connectivity index (χ2v) is 20.5. The number of aliphatic hydroxyl groups is 9. The van der Waals surface area contributed by atoms with Gasteiger partial charge in [-0.25, -0.2) is 0 Å². The van der Waals surface area contributed by atoms with Gasteiger partial charge in [-0.15, -0.1) is 0 Å². The van der Waals surface area contributed by atoms with Gasteiger partial charge in [0.05, 0.1) is 99.7 Å². The predicted molar refractivity (Wildman–Crippen MR) is 285 cm³/mol. The van der Waals surface area contributed by atoms with Gasteiger partial charge in [0, 0.05) is 52.3 Å². The van der Waals surface area contributed by atoms with Gasteiger partial charge < -0.3 is 66.4 Å². The predicted octanol–water partition coefficient (Wildman–Crippen LogP) is 2.54. The summed E-state index contributed by atoms with van der Waals surface area (Å²) in [5.41, 5.74) is 2.54. The Morgan fingerprint density at radius 3 is 1.06 bits per heavy atom. The Hall–Kier alpha value is -0.180. The third kappa shape index (κ3) is 15.4. The minimum absolute atomic E-state index is 0.108. The van der Waals surface area contributed by atoms with Gasteiger partial charge in [0.2, 0.25) is 11.8 Å². The van der Waals surface area contributed by atoms with E-state index in [9.17, 15) is 65.1 Å². The van der Waals surface area contributed by atoms with Crippen LogP contribution >= 0.6 is 136 Å². The molecule has 0 spiro atoms. The summed E-state index contributed by atoms with van der Waals surface area (Å²) in [6.45, 7) is 7.32. The lowest BCUT2D eigenvalue weighted by Crippen LogP contribution is -2.45. The first-order valence-corrected chi connectivity index (χ1v) is 25.2. The van der Waals surface area contributed by atoms with Gasteiger partial charge in [-0.1, -0.05) is 13.2 Å². The van der Waals surface area contributed by atoms with Crippen LogP contribution in [0.25, 0.3) is 11.1 Å². The van der Waals surface area contributed by atoms with Crippen LogP contribution in [-0.2, 0) is 9.59 Å². The molecule has 0 aliphatic heterocycles. The number of allylic oxidation sites excluding steroid dienone is 2. The van der Waals surface area contributed by atoms with Crippen molar-refractivity contribution in [1.82, 2.24) is 10.6 Å². The standard InChI is InChI=1S/C39H50I6N4O13/c1-17(5-7-21(56)13-50)26-30(40)28(38(61)46-9-23(58)15-52)34(44)36(32(26)42)48(19(3)54)11-25(60)12-49(20(4)55)37-33(43)27(18(2)6-8-22(57)14-51)31(41)29(35(37)45)39(62)47-10-24(59)16-53/h21-25,50-53,56-60H,1-2,5-16H2,3-4H3,(H,46,61)(H,47,62). The highest BCUT2D eigenvalue weighted by molar-refractivity contribution is 14.1. The van der Waals surface area contributed by atoms with Crippen molar-refractivity contribution >= 4 is 182 Å². The Morgan fingerprint density at radius 1 is 0.500 bits per heavy atom. The molecule has 0 fully saturated rings. The van der Waals surface area contributed by atoms with E-state index in [-0.39, 0.29) is 61.3 Å². The van der Waals surface area contributed by atoms with Crippen LogP contribution in [0, 0.1) is 21.4 Å². The van der Waals surface area contributed by atoms with Crippen LogP contribution in [0.1, 0.15) is 71.4 Å². The van der Waals surface area contributed by atoms with Crippen molar-refractivity contribution in [2.24, 2.45) is 0 Å². The molecular formula is C39H50I6N4O13. The van der Waals surface area contributed by atoms with Gasteiger partial charge in [0.25, 0.3) is 11.8 Å². The van der Waals surface area contributed by atoms with E-state index >= 15 is 0 Å². The molecule has 0 aromatic heterocycles. The molecule has 23 heteroatoms. The number of hydrogen-bond acceptors (Lipinski definition) is 13. The van der Waals surface area contributed by atoms with E-state index in [2.05, 4.69) is 23.8 Å². The average molecular weight is 1540 g/mol. The summed E-state index contributed by atoms with van der Waals surface area (Å²) in [7, 11) is 0. The van der Waals surface area contributed by atoms with Crippen LogP contribution < -0.4 is 20.4 Å². The molecule has 0 saturated heterocycles. The average Bonchev–Trinajstić information content (AvgIpc) is 3.21. The fraction of sp³-hybridized carbons (Fsp3) is 0.487. The zero-order valence-electron chi connectivity index (χ0n) is 33.6. The van der Waals surface area contributed by atoms with Crippen molar-refractivity contribution in [2.75, 3.05) is 62.4 Å². The number of amides is 4. The number of rotatable bonds is 24. The molecule has 0 aliphatic rings. The highest BCUT2D eigenvalue weighted by atomic mass is 127. The normalized spacial score (nSPS) is 13.8. The van der Waals surface area contributed by atoms with Crippen molar-refractivity contribution in [3.8, 4) is 0 Å². The van der Waals surface area contributed by atoms with Crippen molar-refractivity contribution in [3.05, 3.63) is 56.8 Å². The van der Waals surface area contributed by atoms with Crippen LogP contribution in [0.15, 0.2) is 13.2 Å². The number of carbonyl (C=O) groups excluding carboxylic acids is 4. The van der Waals surface area contributed by atoms with E-state index in [0.717, 1.165) is 0 Å². The monoisotopic (exact) mass is 1540 g/mol. The molecule has 2 rings (SSSR count).